The Morgan fingerprint density at radius 3 is 2.48 bits per heavy atom. The van der Waals surface area contributed by atoms with Gasteiger partial charge in [-0.25, -0.2) is 9.78 Å². The van der Waals surface area contributed by atoms with E-state index in [1.807, 2.05) is 4.90 Å². The third-order valence-corrected chi connectivity index (χ3v) is 7.17. The molecule has 1 saturated heterocycles. The SMILES string of the molecule is Cc1[nH]c(C(=O)NC2[C@H]3CN(c4nc(CO)c(C(=O)O)s4)C[C@@H]23)c(Cl)c1Cl. The molecule has 0 bridgehead atoms. The maximum absolute atomic E-state index is 12.4. The van der Waals surface area contributed by atoms with Crippen molar-refractivity contribution in [3.63, 3.8) is 0 Å². The highest BCUT2D eigenvalue weighted by molar-refractivity contribution is 7.17. The minimum atomic E-state index is -1.09. The summed E-state index contributed by atoms with van der Waals surface area (Å²) in [5.41, 5.74) is 1.09. The van der Waals surface area contributed by atoms with Crippen LogP contribution >= 0.6 is 34.5 Å². The van der Waals surface area contributed by atoms with E-state index in [2.05, 4.69) is 15.3 Å². The zero-order valence-electron chi connectivity index (χ0n) is 14.1. The lowest BCUT2D eigenvalue weighted by Crippen LogP contribution is -2.34. The van der Waals surface area contributed by atoms with Crippen molar-refractivity contribution in [3.05, 3.63) is 32.0 Å². The molecule has 8 nitrogen and oxygen atoms in total. The Hall–Kier alpha value is -1.81. The Morgan fingerprint density at radius 1 is 1.33 bits per heavy atom. The summed E-state index contributed by atoms with van der Waals surface area (Å²) in [5, 5.41) is 22.6. The van der Waals surface area contributed by atoms with Crippen molar-refractivity contribution in [2.45, 2.75) is 19.6 Å². The zero-order chi connectivity index (χ0) is 19.5. The lowest BCUT2D eigenvalue weighted by molar-refractivity contribution is 0.0698. The number of rotatable bonds is 5. The number of aromatic carboxylic acids is 1. The number of thiazole rings is 1. The summed E-state index contributed by atoms with van der Waals surface area (Å²) in [7, 11) is 0. The Bertz CT molecular complexity index is 931. The average Bonchev–Trinajstić information content (AvgIpc) is 3.05. The van der Waals surface area contributed by atoms with Gasteiger partial charge in [0, 0.05) is 36.7 Å². The molecule has 2 aliphatic rings. The summed E-state index contributed by atoms with van der Waals surface area (Å²) < 4.78 is 0. The number of halogens is 2. The lowest BCUT2D eigenvalue weighted by atomic mass is 10.3. The number of aryl methyl sites for hydroxylation is 1. The first-order valence-corrected chi connectivity index (χ1v) is 9.82. The van der Waals surface area contributed by atoms with Crippen molar-refractivity contribution in [2.24, 2.45) is 11.8 Å². The first kappa shape index (κ1) is 18.5. The second-order valence-electron chi connectivity index (χ2n) is 6.72. The number of aromatic amines is 1. The monoisotopic (exact) mass is 430 g/mol. The molecule has 27 heavy (non-hydrogen) atoms. The average molecular weight is 431 g/mol. The van der Waals surface area contributed by atoms with Gasteiger partial charge in [0.1, 0.15) is 10.6 Å². The van der Waals surface area contributed by atoms with E-state index in [0.717, 1.165) is 11.3 Å². The van der Waals surface area contributed by atoms with E-state index in [1.165, 1.54) is 0 Å². The van der Waals surface area contributed by atoms with Crippen LogP contribution in [-0.4, -0.2) is 51.2 Å². The number of carboxylic acid groups (broad SMARTS) is 1. The maximum Gasteiger partial charge on any atom is 0.347 e. The third-order valence-electron chi connectivity index (χ3n) is 5.07. The van der Waals surface area contributed by atoms with E-state index < -0.39 is 12.6 Å². The molecule has 1 amide bonds. The van der Waals surface area contributed by atoms with Crippen LogP contribution in [0.2, 0.25) is 10.0 Å². The molecule has 4 N–H and O–H groups in total. The summed E-state index contributed by atoms with van der Waals surface area (Å²) in [4.78, 5) is 32.8. The van der Waals surface area contributed by atoms with E-state index >= 15 is 0 Å². The molecule has 1 saturated carbocycles. The largest absolute Gasteiger partial charge is 0.477 e. The molecular formula is C16H16Cl2N4O4S. The van der Waals surface area contributed by atoms with Gasteiger partial charge < -0.3 is 25.4 Å². The molecule has 11 heteroatoms. The van der Waals surface area contributed by atoms with Gasteiger partial charge in [-0.05, 0) is 6.92 Å². The Morgan fingerprint density at radius 2 is 2.00 bits per heavy atom. The van der Waals surface area contributed by atoms with Crippen molar-refractivity contribution in [1.29, 1.82) is 0 Å². The number of aliphatic hydroxyl groups excluding tert-OH is 1. The molecule has 2 fully saturated rings. The van der Waals surface area contributed by atoms with Gasteiger partial charge in [0.15, 0.2) is 5.13 Å². The second kappa shape index (κ2) is 6.66. The summed E-state index contributed by atoms with van der Waals surface area (Å²) in [5.74, 6) is -0.831. The van der Waals surface area contributed by atoms with Gasteiger partial charge in [-0.15, -0.1) is 0 Å². The van der Waals surface area contributed by atoms with Gasteiger partial charge in [0.05, 0.1) is 22.3 Å². The van der Waals surface area contributed by atoms with Crippen LogP contribution in [0, 0.1) is 18.8 Å². The van der Waals surface area contributed by atoms with E-state index in [4.69, 9.17) is 23.2 Å². The molecule has 1 unspecified atom stereocenters. The maximum atomic E-state index is 12.4. The number of hydrogen-bond acceptors (Lipinski definition) is 6. The van der Waals surface area contributed by atoms with Crippen LogP contribution in [0.15, 0.2) is 0 Å². The fourth-order valence-corrected chi connectivity index (χ4v) is 4.95. The molecule has 4 rings (SSSR count). The number of hydrogen-bond donors (Lipinski definition) is 4. The predicted molar refractivity (Wildman–Crippen MR) is 101 cm³/mol. The number of fused-ring (bicyclic) bond motifs is 1. The number of carboxylic acids is 1. The quantitative estimate of drug-likeness (QED) is 0.576. The zero-order valence-corrected chi connectivity index (χ0v) is 16.5. The number of amides is 1. The summed E-state index contributed by atoms with van der Waals surface area (Å²) >= 11 is 13.2. The standard InChI is InChI=1S/C16H16Cl2N4O4S/c1-5-9(17)10(18)12(19-5)14(24)21-11-6-2-22(3-7(6)11)16-20-8(4-23)13(27-16)15(25)26/h6-7,11,19,23H,2-4H2,1H3,(H,21,24)(H,25,26)/t6-,7+,11?. The molecule has 2 aromatic heterocycles. The highest BCUT2D eigenvalue weighted by atomic mass is 35.5. The Labute approximate surface area is 168 Å². The van der Waals surface area contributed by atoms with Crippen LogP contribution in [0.4, 0.5) is 5.13 Å². The Balaban J connectivity index is 1.39. The van der Waals surface area contributed by atoms with Crippen molar-refractivity contribution in [3.8, 4) is 0 Å². The van der Waals surface area contributed by atoms with E-state index in [0.29, 0.717) is 28.9 Å². The number of anilines is 1. The van der Waals surface area contributed by atoms with Crippen LogP contribution in [-0.2, 0) is 6.61 Å². The highest BCUT2D eigenvalue weighted by Crippen LogP contribution is 2.47. The number of carbonyl (C=O) groups is 2. The van der Waals surface area contributed by atoms with Crippen molar-refractivity contribution >= 4 is 51.5 Å². The molecule has 0 spiro atoms. The molecule has 3 atom stereocenters. The molecule has 0 aromatic carbocycles. The van der Waals surface area contributed by atoms with E-state index in [1.54, 1.807) is 6.92 Å². The minimum absolute atomic E-state index is 0.0448. The smallest absolute Gasteiger partial charge is 0.347 e. The van der Waals surface area contributed by atoms with Crippen molar-refractivity contribution in [1.82, 2.24) is 15.3 Å². The molecule has 1 aliphatic heterocycles. The van der Waals surface area contributed by atoms with Gasteiger partial charge in [-0.1, -0.05) is 34.5 Å². The van der Waals surface area contributed by atoms with Gasteiger partial charge >= 0.3 is 5.97 Å². The van der Waals surface area contributed by atoms with E-state index in [-0.39, 0.29) is 45.1 Å². The van der Waals surface area contributed by atoms with Gasteiger partial charge in [-0.2, -0.15) is 0 Å². The Kier molecular flexibility index (Phi) is 4.58. The highest BCUT2D eigenvalue weighted by Gasteiger charge is 2.57. The molecular weight excluding hydrogens is 415 g/mol. The number of aliphatic hydroxyl groups is 1. The van der Waals surface area contributed by atoms with Gasteiger partial charge in [0.25, 0.3) is 5.91 Å². The number of nitrogens with zero attached hydrogens (tertiary/aromatic N) is 2. The summed E-state index contributed by atoms with van der Waals surface area (Å²) in [6.45, 7) is 2.68. The summed E-state index contributed by atoms with van der Waals surface area (Å²) in [6.07, 6.45) is 0. The molecule has 0 radical (unpaired) electrons. The van der Waals surface area contributed by atoms with Crippen LogP contribution in [0.1, 0.15) is 31.5 Å². The normalized spacial score (nSPS) is 23.4. The molecule has 1 aliphatic carbocycles. The fourth-order valence-electron chi connectivity index (χ4n) is 3.60. The van der Waals surface area contributed by atoms with Crippen LogP contribution in [0.5, 0.6) is 0 Å². The first-order valence-electron chi connectivity index (χ1n) is 8.25. The van der Waals surface area contributed by atoms with Gasteiger partial charge in [0.2, 0.25) is 0 Å². The fraction of sp³-hybridized carbons (Fsp3) is 0.438. The van der Waals surface area contributed by atoms with Gasteiger partial charge in [-0.3, -0.25) is 4.79 Å². The molecule has 144 valence electrons. The number of H-pyrrole nitrogens is 1. The summed E-state index contributed by atoms with van der Waals surface area (Å²) in [6, 6.07) is 0.0448. The number of piperidine rings is 1. The van der Waals surface area contributed by atoms with Crippen LogP contribution in [0.25, 0.3) is 0 Å². The second-order valence-corrected chi connectivity index (χ2v) is 8.45. The lowest BCUT2D eigenvalue weighted by Gasteiger charge is -2.19. The predicted octanol–water partition coefficient (Wildman–Crippen LogP) is 2.14. The minimum Gasteiger partial charge on any atom is -0.477 e. The van der Waals surface area contributed by atoms with Crippen LogP contribution in [0.3, 0.4) is 0 Å². The van der Waals surface area contributed by atoms with Crippen molar-refractivity contribution < 1.29 is 19.8 Å². The topological polar surface area (TPSA) is 119 Å². The third kappa shape index (κ3) is 3.08. The molecule has 2 aromatic rings. The van der Waals surface area contributed by atoms with E-state index in [9.17, 15) is 19.8 Å². The van der Waals surface area contributed by atoms with Crippen LogP contribution < -0.4 is 10.2 Å². The number of carbonyl (C=O) groups excluding carboxylic acids is 1. The number of nitrogens with one attached hydrogen (secondary N) is 2. The first-order chi connectivity index (χ1) is 12.8. The molecule has 3 heterocycles. The van der Waals surface area contributed by atoms with Crippen molar-refractivity contribution in [2.75, 3.05) is 18.0 Å². The number of aromatic nitrogens is 2.